The Hall–Kier alpha value is -2.69. The van der Waals surface area contributed by atoms with Gasteiger partial charge in [-0.05, 0) is 81.3 Å². The van der Waals surface area contributed by atoms with Gasteiger partial charge in [0.15, 0.2) is 0 Å². The third kappa shape index (κ3) is 3.73. The molecule has 0 radical (unpaired) electrons. The summed E-state index contributed by atoms with van der Waals surface area (Å²) in [5.74, 6) is 0. The molecule has 0 aliphatic rings. The van der Waals surface area contributed by atoms with Crippen LogP contribution in [0, 0.1) is 20.8 Å². The minimum absolute atomic E-state index is 1.06. The summed E-state index contributed by atoms with van der Waals surface area (Å²) in [5, 5.41) is 5.64. The van der Waals surface area contributed by atoms with Gasteiger partial charge in [-0.25, -0.2) is 0 Å². The molecule has 0 saturated carbocycles. The van der Waals surface area contributed by atoms with E-state index in [0.29, 0.717) is 0 Å². The van der Waals surface area contributed by atoms with Crippen LogP contribution in [0.4, 0.5) is 0 Å². The van der Waals surface area contributed by atoms with Crippen LogP contribution in [0.3, 0.4) is 0 Å². The second kappa shape index (κ2) is 8.58. The van der Waals surface area contributed by atoms with Crippen LogP contribution in [0.5, 0.6) is 0 Å². The van der Waals surface area contributed by atoms with E-state index >= 15 is 0 Å². The van der Waals surface area contributed by atoms with E-state index in [1.54, 1.807) is 0 Å². The van der Waals surface area contributed by atoms with Crippen LogP contribution < -0.4 is 21.2 Å². The molecule has 4 aromatic carbocycles. The maximum atomic E-state index is 2.37. The highest BCUT2D eigenvalue weighted by Crippen LogP contribution is 2.54. The summed E-state index contributed by atoms with van der Waals surface area (Å²) in [6.07, 6.45) is 1.06. The van der Waals surface area contributed by atoms with Gasteiger partial charge >= 0.3 is 0 Å². The summed E-state index contributed by atoms with van der Waals surface area (Å²) in [6.45, 7) is 8.71. The standard InChI is InChI=1S/C29H30P/c1-5-25-12-20-29(21-13-25)30(26-14-6-22(2)7-15-26,27-16-8-23(3)9-17-27)28-18-10-24(4)11-19-28/h6-21H,5H2,1-4H3/q+1. The molecule has 0 unspecified atom stereocenters. The van der Waals surface area contributed by atoms with E-state index in [1.807, 2.05) is 0 Å². The Bertz CT molecular complexity index is 992. The van der Waals surface area contributed by atoms with Gasteiger partial charge in [0.25, 0.3) is 0 Å². The highest BCUT2D eigenvalue weighted by atomic mass is 31.2. The zero-order valence-electron chi connectivity index (χ0n) is 18.4. The van der Waals surface area contributed by atoms with E-state index in [-0.39, 0.29) is 0 Å². The summed E-state index contributed by atoms with van der Waals surface area (Å²) in [6, 6.07) is 37.0. The van der Waals surface area contributed by atoms with Crippen LogP contribution in [0.15, 0.2) is 97.1 Å². The number of aryl methyl sites for hydroxylation is 4. The minimum Gasteiger partial charge on any atom is -0.0613 e. The molecule has 1 heteroatoms. The highest BCUT2D eigenvalue weighted by Gasteiger charge is 2.47. The molecule has 0 saturated heterocycles. The monoisotopic (exact) mass is 409 g/mol. The summed E-state index contributed by atoms with van der Waals surface area (Å²) in [4.78, 5) is 0. The van der Waals surface area contributed by atoms with Crippen LogP contribution in [0.25, 0.3) is 0 Å². The predicted molar refractivity (Wildman–Crippen MR) is 135 cm³/mol. The molecular weight excluding hydrogens is 379 g/mol. The largest absolute Gasteiger partial charge is 0.144 e. The average molecular weight is 410 g/mol. The fourth-order valence-corrected chi connectivity index (χ4v) is 8.33. The molecule has 0 aromatic heterocycles. The molecule has 0 fully saturated rings. The fourth-order valence-electron chi connectivity index (χ4n) is 4.15. The van der Waals surface area contributed by atoms with Gasteiger partial charge < -0.3 is 0 Å². The van der Waals surface area contributed by atoms with Crippen LogP contribution in [0.1, 0.15) is 29.2 Å². The molecule has 0 atom stereocenters. The van der Waals surface area contributed by atoms with Crippen molar-refractivity contribution in [1.29, 1.82) is 0 Å². The SMILES string of the molecule is CCc1ccc([P+](c2ccc(C)cc2)(c2ccc(C)cc2)c2ccc(C)cc2)cc1. The van der Waals surface area contributed by atoms with E-state index in [1.165, 1.54) is 43.5 Å². The summed E-state index contributed by atoms with van der Waals surface area (Å²) >= 11 is 0. The normalized spacial score (nSPS) is 11.5. The number of hydrogen-bond acceptors (Lipinski definition) is 0. The molecule has 0 heterocycles. The summed E-state index contributed by atoms with van der Waals surface area (Å²) in [7, 11) is -2.00. The van der Waals surface area contributed by atoms with E-state index in [0.717, 1.165) is 6.42 Å². The van der Waals surface area contributed by atoms with Gasteiger partial charge in [-0.2, -0.15) is 0 Å². The van der Waals surface area contributed by atoms with Gasteiger partial charge in [0.1, 0.15) is 28.5 Å². The molecule has 0 N–H and O–H groups in total. The Morgan fingerprint density at radius 3 is 0.967 bits per heavy atom. The smallest absolute Gasteiger partial charge is 0.0613 e. The van der Waals surface area contributed by atoms with Gasteiger partial charge in [0, 0.05) is 0 Å². The Morgan fingerprint density at radius 1 is 0.433 bits per heavy atom. The first-order chi connectivity index (χ1) is 14.5. The Kier molecular flexibility index (Phi) is 5.89. The van der Waals surface area contributed by atoms with Crippen molar-refractivity contribution < 1.29 is 0 Å². The van der Waals surface area contributed by atoms with Crippen LogP contribution in [-0.4, -0.2) is 0 Å². The molecule has 30 heavy (non-hydrogen) atoms. The van der Waals surface area contributed by atoms with Crippen LogP contribution in [-0.2, 0) is 6.42 Å². The number of benzene rings is 4. The molecule has 0 spiro atoms. The molecule has 0 aliphatic heterocycles. The third-order valence-corrected chi connectivity index (χ3v) is 10.3. The maximum absolute atomic E-state index is 2.37. The van der Waals surface area contributed by atoms with Crippen molar-refractivity contribution in [2.75, 3.05) is 0 Å². The lowest BCUT2D eigenvalue weighted by Crippen LogP contribution is -2.38. The third-order valence-electron chi connectivity index (χ3n) is 6.00. The Labute approximate surface area is 182 Å². The second-order valence-corrected chi connectivity index (χ2v) is 11.6. The molecule has 0 bridgehead atoms. The first kappa shape index (κ1) is 20.6. The molecule has 4 aromatic rings. The van der Waals surface area contributed by atoms with Crippen molar-refractivity contribution in [3.05, 3.63) is 119 Å². The van der Waals surface area contributed by atoms with E-state index in [4.69, 9.17) is 0 Å². The predicted octanol–water partition coefficient (Wildman–Crippen LogP) is 5.79. The summed E-state index contributed by atoms with van der Waals surface area (Å²) in [5.41, 5.74) is 5.27. The van der Waals surface area contributed by atoms with Crippen molar-refractivity contribution in [2.24, 2.45) is 0 Å². The lowest BCUT2D eigenvalue weighted by Gasteiger charge is -2.28. The fraction of sp³-hybridized carbons (Fsp3) is 0.172. The number of rotatable bonds is 5. The van der Waals surface area contributed by atoms with Gasteiger partial charge in [-0.3, -0.25) is 0 Å². The Balaban J connectivity index is 2.09. The molecular formula is C29H30P+. The lowest BCUT2D eigenvalue weighted by molar-refractivity contribution is 1.14. The molecule has 4 rings (SSSR count). The van der Waals surface area contributed by atoms with Gasteiger partial charge in [-0.1, -0.05) is 72.1 Å². The van der Waals surface area contributed by atoms with Crippen molar-refractivity contribution in [1.82, 2.24) is 0 Å². The minimum atomic E-state index is -2.00. The summed E-state index contributed by atoms with van der Waals surface area (Å²) < 4.78 is 0. The van der Waals surface area contributed by atoms with Gasteiger partial charge in [0.2, 0.25) is 0 Å². The van der Waals surface area contributed by atoms with E-state index in [9.17, 15) is 0 Å². The van der Waals surface area contributed by atoms with Crippen molar-refractivity contribution in [3.63, 3.8) is 0 Å². The zero-order valence-corrected chi connectivity index (χ0v) is 19.3. The quantitative estimate of drug-likeness (QED) is 0.366. The average Bonchev–Trinajstić information content (AvgIpc) is 2.78. The molecule has 0 nitrogen and oxygen atoms in total. The van der Waals surface area contributed by atoms with Crippen molar-refractivity contribution in [3.8, 4) is 0 Å². The van der Waals surface area contributed by atoms with Crippen molar-refractivity contribution in [2.45, 2.75) is 34.1 Å². The molecule has 150 valence electrons. The van der Waals surface area contributed by atoms with E-state index in [2.05, 4.69) is 125 Å². The highest BCUT2D eigenvalue weighted by molar-refractivity contribution is 8.01. The van der Waals surface area contributed by atoms with Gasteiger partial charge in [-0.15, -0.1) is 0 Å². The zero-order chi connectivity index (χ0) is 21.1. The first-order valence-corrected chi connectivity index (χ1v) is 12.5. The number of hydrogen-bond donors (Lipinski definition) is 0. The maximum Gasteiger partial charge on any atom is 0.144 e. The molecule has 0 aliphatic carbocycles. The van der Waals surface area contributed by atoms with Crippen molar-refractivity contribution >= 4 is 28.5 Å². The van der Waals surface area contributed by atoms with Gasteiger partial charge in [0.05, 0.1) is 0 Å². The van der Waals surface area contributed by atoms with E-state index < -0.39 is 7.26 Å². The van der Waals surface area contributed by atoms with Crippen LogP contribution in [0.2, 0.25) is 0 Å². The first-order valence-electron chi connectivity index (χ1n) is 10.7. The second-order valence-electron chi connectivity index (χ2n) is 8.20. The lowest BCUT2D eigenvalue weighted by atomic mass is 10.2. The van der Waals surface area contributed by atoms with Crippen LogP contribution >= 0.6 is 7.26 Å². The Morgan fingerprint density at radius 2 is 0.700 bits per heavy atom. The molecule has 0 amide bonds. The topological polar surface area (TPSA) is 0 Å².